The number of imide groups is 1. The number of likely N-dealkylation sites (tertiary alicyclic amines) is 1. The van der Waals surface area contributed by atoms with Gasteiger partial charge in [-0.3, -0.25) is 14.5 Å². The number of fused-ring (bicyclic) bond motifs is 1. The van der Waals surface area contributed by atoms with Crippen LogP contribution in [0.25, 0.3) is 22.2 Å². The van der Waals surface area contributed by atoms with E-state index in [1.165, 1.54) is 4.90 Å². The zero-order valence-electron chi connectivity index (χ0n) is 30.0. The van der Waals surface area contributed by atoms with Crippen molar-refractivity contribution < 1.29 is 33.7 Å². The summed E-state index contributed by atoms with van der Waals surface area (Å²) in [6.45, 7) is 0.723. The van der Waals surface area contributed by atoms with E-state index in [1.807, 2.05) is 128 Å². The van der Waals surface area contributed by atoms with Crippen molar-refractivity contribution in [2.75, 3.05) is 0 Å². The Morgan fingerprint density at radius 2 is 1.55 bits per heavy atom. The third kappa shape index (κ3) is 8.19. The predicted octanol–water partition coefficient (Wildman–Crippen LogP) is 7.00. The Bertz CT molecular complexity index is 2290. The molecule has 1 unspecified atom stereocenters. The summed E-state index contributed by atoms with van der Waals surface area (Å²) in [5.41, 5.74) is 8.14. The summed E-state index contributed by atoms with van der Waals surface area (Å²) < 4.78 is 20.6. The van der Waals surface area contributed by atoms with E-state index in [1.54, 1.807) is 0 Å². The van der Waals surface area contributed by atoms with Crippen molar-refractivity contribution in [3.8, 4) is 11.1 Å². The van der Waals surface area contributed by atoms with Gasteiger partial charge in [0.25, 0.3) is 5.91 Å². The van der Waals surface area contributed by atoms with E-state index >= 15 is 0 Å². The predicted molar refractivity (Wildman–Crippen MR) is 204 cm³/mol. The number of benzene rings is 5. The van der Waals surface area contributed by atoms with Gasteiger partial charge in [0.15, 0.2) is 6.29 Å². The summed E-state index contributed by atoms with van der Waals surface area (Å²) in [6, 6.07) is 39.8. The van der Waals surface area contributed by atoms with Crippen molar-refractivity contribution in [1.29, 1.82) is 0 Å². The van der Waals surface area contributed by atoms with Crippen LogP contribution in [0, 0.1) is 0 Å². The van der Waals surface area contributed by atoms with Crippen LogP contribution in [0.5, 0.6) is 0 Å². The highest BCUT2D eigenvalue weighted by molar-refractivity contribution is 6.06. The maximum absolute atomic E-state index is 13.2. The van der Waals surface area contributed by atoms with Crippen LogP contribution in [-0.2, 0) is 50.1 Å². The largest absolute Gasteiger partial charge is 0.445 e. The van der Waals surface area contributed by atoms with Crippen molar-refractivity contribution in [2.24, 2.45) is 0 Å². The molecule has 8 rings (SSSR count). The summed E-state index contributed by atoms with van der Waals surface area (Å²) in [7, 11) is 0. The summed E-state index contributed by atoms with van der Waals surface area (Å²) >= 11 is 0. The molecule has 3 amide bonds. The summed E-state index contributed by atoms with van der Waals surface area (Å²) in [4.78, 5) is 44.2. The Morgan fingerprint density at radius 1 is 0.800 bits per heavy atom. The molecule has 1 aromatic heterocycles. The molecule has 278 valence electrons. The standard InChI is InChI=1S/C44H40N4O7/c49-26-29-13-15-33(16-14-29)40-22-36(25-47-28-45-37-11-4-5-12-39(37)47)54-43(55-40)34-19-17-32(18-20-34)35-10-6-9-31(21-35)24-48-41(50)23-38(42(48)51)46-44(52)53-27-30-7-2-1-3-8-30/h1-21,28,36,38,40,43,49H,22-27H2,(H,46,52)/t36-,38?,40+,43+/m1/s1. The van der Waals surface area contributed by atoms with Gasteiger partial charge in [0.1, 0.15) is 12.6 Å². The highest BCUT2D eigenvalue weighted by atomic mass is 16.7. The number of hydrogen-bond acceptors (Lipinski definition) is 8. The van der Waals surface area contributed by atoms with Crippen molar-refractivity contribution in [3.05, 3.63) is 162 Å². The molecule has 0 saturated carbocycles. The SMILES string of the molecule is O=C(NC1CC(=O)N(Cc2cccc(-c3ccc([C@H]4O[C@@H](Cn5cnc6ccccc65)C[C@@H](c5ccc(CO)cc5)O4)cc3)c2)C1=O)OCc1ccccc1. The number of aliphatic hydroxyl groups is 1. The Labute approximate surface area is 318 Å². The molecule has 2 N–H and O–H groups in total. The van der Waals surface area contributed by atoms with Gasteiger partial charge in [0.05, 0.1) is 55.7 Å². The number of rotatable bonds is 11. The van der Waals surface area contributed by atoms with E-state index in [0.29, 0.717) is 13.0 Å². The maximum atomic E-state index is 13.2. The lowest BCUT2D eigenvalue weighted by molar-refractivity contribution is -0.252. The zero-order chi connectivity index (χ0) is 37.7. The third-order valence-electron chi connectivity index (χ3n) is 10.1. The number of carbonyl (C=O) groups is 3. The van der Waals surface area contributed by atoms with Crippen LogP contribution in [0.15, 0.2) is 134 Å². The molecular weight excluding hydrogens is 697 g/mol. The lowest BCUT2D eigenvalue weighted by Crippen LogP contribution is -2.41. The molecule has 4 atom stereocenters. The van der Waals surface area contributed by atoms with E-state index in [0.717, 1.165) is 50.0 Å². The van der Waals surface area contributed by atoms with Crippen LogP contribution in [0.3, 0.4) is 0 Å². The molecule has 2 fully saturated rings. The van der Waals surface area contributed by atoms with Gasteiger partial charge in [-0.1, -0.05) is 109 Å². The summed E-state index contributed by atoms with van der Waals surface area (Å²) in [5.74, 6) is -0.825. The van der Waals surface area contributed by atoms with E-state index < -0.39 is 24.3 Å². The summed E-state index contributed by atoms with van der Waals surface area (Å²) in [5, 5.41) is 12.1. The summed E-state index contributed by atoms with van der Waals surface area (Å²) in [6.07, 6.45) is 0.599. The number of nitrogens with zero attached hydrogens (tertiary/aromatic N) is 3. The van der Waals surface area contributed by atoms with Crippen LogP contribution in [0.1, 0.15) is 53.1 Å². The van der Waals surface area contributed by atoms with Crippen LogP contribution >= 0.6 is 0 Å². The fourth-order valence-corrected chi connectivity index (χ4v) is 7.14. The molecule has 0 bridgehead atoms. The van der Waals surface area contributed by atoms with Crippen molar-refractivity contribution in [2.45, 2.75) is 63.7 Å². The van der Waals surface area contributed by atoms with E-state index in [4.69, 9.17) is 14.2 Å². The number of imidazole rings is 1. The number of aliphatic hydroxyl groups excluding tert-OH is 1. The zero-order valence-corrected chi connectivity index (χ0v) is 30.0. The quantitative estimate of drug-likeness (QED) is 0.136. The third-order valence-corrected chi connectivity index (χ3v) is 10.1. The molecule has 5 aromatic carbocycles. The van der Waals surface area contributed by atoms with Gasteiger partial charge in [0.2, 0.25) is 5.91 Å². The monoisotopic (exact) mass is 736 g/mol. The lowest BCUT2D eigenvalue weighted by atomic mass is 9.99. The molecule has 11 nitrogen and oxygen atoms in total. The van der Waals surface area contributed by atoms with E-state index in [2.05, 4.69) is 20.9 Å². The molecule has 6 aromatic rings. The van der Waals surface area contributed by atoms with Gasteiger partial charge in [-0.25, -0.2) is 9.78 Å². The molecule has 2 aliphatic rings. The number of hydrogen-bond donors (Lipinski definition) is 2. The van der Waals surface area contributed by atoms with Crippen LogP contribution < -0.4 is 5.32 Å². The lowest BCUT2D eigenvalue weighted by Gasteiger charge is -2.36. The Balaban J connectivity index is 0.941. The number of alkyl carbamates (subject to hydrolysis) is 1. The van der Waals surface area contributed by atoms with Gasteiger partial charge < -0.3 is 29.2 Å². The Morgan fingerprint density at radius 3 is 2.35 bits per heavy atom. The smallest absolute Gasteiger partial charge is 0.408 e. The highest BCUT2D eigenvalue weighted by Gasteiger charge is 2.40. The molecular formula is C44H40N4O7. The molecule has 0 radical (unpaired) electrons. The number of para-hydroxylation sites is 2. The van der Waals surface area contributed by atoms with Gasteiger partial charge in [-0.05, 0) is 51.6 Å². The van der Waals surface area contributed by atoms with Crippen molar-refractivity contribution >= 4 is 28.9 Å². The van der Waals surface area contributed by atoms with Gasteiger partial charge in [-0.2, -0.15) is 0 Å². The number of amides is 3. The fourth-order valence-electron chi connectivity index (χ4n) is 7.14. The molecule has 3 heterocycles. The van der Waals surface area contributed by atoms with Crippen molar-refractivity contribution in [1.82, 2.24) is 19.8 Å². The number of aromatic nitrogens is 2. The minimum absolute atomic E-state index is 0.0243. The van der Waals surface area contributed by atoms with Crippen LogP contribution in [0.4, 0.5) is 4.79 Å². The second-order valence-electron chi connectivity index (χ2n) is 13.8. The number of carbonyl (C=O) groups excluding carboxylic acids is 3. The molecule has 0 spiro atoms. The molecule has 0 aliphatic carbocycles. The average molecular weight is 737 g/mol. The van der Waals surface area contributed by atoms with Gasteiger partial charge in [0, 0.05) is 12.0 Å². The van der Waals surface area contributed by atoms with Gasteiger partial charge >= 0.3 is 6.09 Å². The van der Waals surface area contributed by atoms with Crippen LogP contribution in [0.2, 0.25) is 0 Å². The minimum Gasteiger partial charge on any atom is -0.445 e. The molecule has 2 aliphatic heterocycles. The first-order valence-corrected chi connectivity index (χ1v) is 18.3. The number of nitrogens with one attached hydrogen (secondary N) is 1. The van der Waals surface area contributed by atoms with E-state index in [-0.39, 0.29) is 44.3 Å². The van der Waals surface area contributed by atoms with Gasteiger partial charge in [-0.15, -0.1) is 0 Å². The maximum Gasteiger partial charge on any atom is 0.408 e. The highest BCUT2D eigenvalue weighted by Crippen LogP contribution is 2.39. The Hall–Kier alpha value is -6.14. The van der Waals surface area contributed by atoms with Crippen molar-refractivity contribution in [3.63, 3.8) is 0 Å². The first kappa shape index (κ1) is 35.9. The number of ether oxygens (including phenoxy) is 3. The second-order valence-corrected chi connectivity index (χ2v) is 13.8. The minimum atomic E-state index is -0.978. The van der Waals surface area contributed by atoms with Crippen LogP contribution in [-0.4, -0.2) is 49.6 Å². The molecule has 55 heavy (non-hydrogen) atoms. The molecule has 2 saturated heterocycles. The average Bonchev–Trinajstić information content (AvgIpc) is 3.75. The normalized spacial score (nSPS) is 19.8. The first-order valence-electron chi connectivity index (χ1n) is 18.3. The fraction of sp³-hybridized carbons (Fsp3) is 0.227. The molecule has 11 heteroatoms. The Kier molecular flexibility index (Phi) is 10.5. The first-order chi connectivity index (χ1) is 26.9. The topological polar surface area (TPSA) is 132 Å². The van der Waals surface area contributed by atoms with E-state index in [9.17, 15) is 19.5 Å². The second kappa shape index (κ2) is 16.1.